The second-order valence-electron chi connectivity index (χ2n) is 14.3. The molecule has 0 saturated heterocycles. The van der Waals surface area contributed by atoms with Crippen LogP contribution in [0.3, 0.4) is 0 Å². The van der Waals surface area contributed by atoms with Gasteiger partial charge in [-0.3, -0.25) is 0 Å². The van der Waals surface area contributed by atoms with E-state index in [2.05, 4.69) is 181 Å². The largest absolute Gasteiger partial charge is 0.435 e. The van der Waals surface area contributed by atoms with Gasteiger partial charge in [0.2, 0.25) is 5.89 Å². The predicted octanol–water partition coefficient (Wildman–Crippen LogP) is 14.9. The van der Waals surface area contributed by atoms with Gasteiger partial charge in [-0.1, -0.05) is 158 Å². The number of oxazole rings is 1. The zero-order valence-corrected chi connectivity index (χ0v) is 30.4. The zero-order chi connectivity index (χ0) is 37.0. The summed E-state index contributed by atoms with van der Waals surface area (Å²) in [5, 5.41) is 9.22. The van der Waals surface area contributed by atoms with Crippen LogP contribution in [0.15, 0.2) is 211 Å². The Hall–Kier alpha value is -7.49. The quantitative estimate of drug-likeness (QED) is 0.161. The van der Waals surface area contributed by atoms with Crippen LogP contribution in [0, 0.1) is 0 Å². The molecule has 0 spiro atoms. The van der Waals surface area contributed by atoms with Gasteiger partial charge in [-0.25, -0.2) is 4.98 Å². The first-order chi connectivity index (χ1) is 27.8. The highest BCUT2D eigenvalue weighted by Gasteiger charge is 2.23. The molecule has 10 aromatic carbocycles. The maximum atomic E-state index is 6.74. The van der Waals surface area contributed by atoms with E-state index in [0.29, 0.717) is 5.89 Å². The molecule has 0 amide bonds. The number of hydrogen-bond donors (Lipinski definition) is 0. The molecule has 0 bridgehead atoms. The lowest BCUT2D eigenvalue weighted by Crippen LogP contribution is -2.12. The maximum Gasteiger partial charge on any atom is 0.227 e. The molecule has 3 nitrogen and oxygen atoms in total. The highest BCUT2D eigenvalue weighted by atomic mass is 16.3. The Labute approximate surface area is 324 Å². The summed E-state index contributed by atoms with van der Waals surface area (Å²) >= 11 is 0. The summed E-state index contributed by atoms with van der Waals surface area (Å²) in [6.45, 7) is 0. The maximum absolute atomic E-state index is 6.74. The van der Waals surface area contributed by atoms with Crippen molar-refractivity contribution >= 4 is 71.3 Å². The summed E-state index contributed by atoms with van der Waals surface area (Å²) in [5.41, 5.74) is 10.5. The lowest BCUT2D eigenvalue weighted by atomic mass is 9.93. The minimum absolute atomic E-state index is 0.620. The molecular weight excluding hydrogens is 681 g/mol. The van der Waals surface area contributed by atoms with E-state index in [-0.39, 0.29) is 0 Å². The molecule has 3 heteroatoms. The fraction of sp³-hybridized carbons (Fsp3) is 0. The lowest BCUT2D eigenvalue weighted by molar-refractivity contribution is 0.623. The topological polar surface area (TPSA) is 29.3 Å². The van der Waals surface area contributed by atoms with Crippen LogP contribution in [0.4, 0.5) is 17.1 Å². The minimum atomic E-state index is 0.620. The van der Waals surface area contributed by atoms with Gasteiger partial charge in [0.25, 0.3) is 0 Å². The summed E-state index contributed by atoms with van der Waals surface area (Å²) < 4.78 is 6.74. The Balaban J connectivity index is 1.22. The van der Waals surface area contributed by atoms with E-state index < -0.39 is 0 Å². The van der Waals surface area contributed by atoms with Crippen molar-refractivity contribution in [2.24, 2.45) is 0 Å². The van der Waals surface area contributed by atoms with Crippen LogP contribution < -0.4 is 4.90 Å². The van der Waals surface area contributed by atoms with Gasteiger partial charge in [0.05, 0.1) is 11.4 Å². The van der Waals surface area contributed by atoms with E-state index in [1.165, 1.54) is 21.7 Å². The van der Waals surface area contributed by atoms with E-state index in [1.54, 1.807) is 0 Å². The molecule has 0 radical (unpaired) electrons. The first kappa shape index (κ1) is 32.0. The van der Waals surface area contributed by atoms with Crippen molar-refractivity contribution in [3.63, 3.8) is 0 Å². The number of benzene rings is 10. The molecule has 1 heterocycles. The van der Waals surface area contributed by atoms with Crippen LogP contribution in [0.2, 0.25) is 0 Å². The average Bonchev–Trinajstić information content (AvgIpc) is 3.72. The van der Waals surface area contributed by atoms with Crippen molar-refractivity contribution in [3.8, 4) is 33.7 Å². The lowest BCUT2D eigenvalue weighted by Gasteiger charge is -2.30. The molecule has 0 saturated carbocycles. The van der Waals surface area contributed by atoms with Crippen LogP contribution in [-0.2, 0) is 0 Å². The van der Waals surface area contributed by atoms with Crippen molar-refractivity contribution in [3.05, 3.63) is 206 Å². The van der Waals surface area contributed by atoms with Crippen molar-refractivity contribution in [2.75, 3.05) is 4.90 Å². The summed E-state index contributed by atoms with van der Waals surface area (Å²) in [4.78, 5) is 7.45. The molecule has 0 unspecified atom stereocenters. The zero-order valence-electron chi connectivity index (χ0n) is 30.4. The molecule has 262 valence electrons. The molecule has 0 aliphatic heterocycles. The van der Waals surface area contributed by atoms with Crippen LogP contribution >= 0.6 is 0 Å². The Bertz CT molecular complexity index is 3260. The minimum Gasteiger partial charge on any atom is -0.435 e. The normalized spacial score (nSPS) is 11.6. The van der Waals surface area contributed by atoms with Gasteiger partial charge in [-0.2, -0.15) is 0 Å². The molecule has 0 aliphatic carbocycles. The summed E-state index contributed by atoms with van der Waals surface area (Å²) in [6, 6.07) is 73.7. The first-order valence-electron chi connectivity index (χ1n) is 19.0. The van der Waals surface area contributed by atoms with E-state index in [4.69, 9.17) is 9.40 Å². The average molecular weight is 715 g/mol. The van der Waals surface area contributed by atoms with E-state index >= 15 is 0 Å². The summed E-state index contributed by atoms with van der Waals surface area (Å²) in [5.74, 6) is 0.620. The number of nitrogens with zero attached hydrogens (tertiary/aromatic N) is 2. The Morgan fingerprint density at radius 1 is 0.375 bits per heavy atom. The molecule has 56 heavy (non-hydrogen) atoms. The smallest absolute Gasteiger partial charge is 0.227 e. The predicted molar refractivity (Wildman–Crippen MR) is 235 cm³/mol. The fourth-order valence-corrected chi connectivity index (χ4v) is 8.38. The molecule has 11 aromatic rings. The molecule has 1 aromatic heterocycles. The van der Waals surface area contributed by atoms with Crippen molar-refractivity contribution in [2.45, 2.75) is 0 Å². The SMILES string of the molecule is c1ccc(-c2nc3ccc4ccc5c(N(c6cccc(-c7ccc8ccccc8c7)c6)c6ccccc6-c6ccccc6)cc6ccccc6c5c4c3o2)cc1. The second-order valence-corrected chi connectivity index (χ2v) is 14.3. The Morgan fingerprint density at radius 3 is 1.89 bits per heavy atom. The number of aromatic nitrogens is 1. The molecule has 0 aliphatic rings. The number of para-hydroxylation sites is 1. The Morgan fingerprint density at radius 2 is 1.04 bits per heavy atom. The van der Waals surface area contributed by atoms with Crippen molar-refractivity contribution in [1.29, 1.82) is 0 Å². The third-order valence-corrected chi connectivity index (χ3v) is 11.0. The monoisotopic (exact) mass is 714 g/mol. The third-order valence-electron chi connectivity index (χ3n) is 11.0. The van der Waals surface area contributed by atoms with Gasteiger partial charge in [-0.15, -0.1) is 0 Å². The summed E-state index contributed by atoms with van der Waals surface area (Å²) in [6.07, 6.45) is 0. The van der Waals surface area contributed by atoms with Gasteiger partial charge in [0.15, 0.2) is 5.58 Å². The van der Waals surface area contributed by atoms with Gasteiger partial charge in [-0.05, 0) is 92.2 Å². The van der Waals surface area contributed by atoms with Crippen molar-refractivity contribution in [1.82, 2.24) is 4.98 Å². The number of hydrogen-bond acceptors (Lipinski definition) is 3. The number of anilines is 3. The van der Waals surface area contributed by atoms with Crippen molar-refractivity contribution < 1.29 is 4.42 Å². The molecule has 0 fully saturated rings. The van der Waals surface area contributed by atoms with E-state index in [0.717, 1.165) is 77.3 Å². The number of fused-ring (bicyclic) bond motifs is 8. The van der Waals surface area contributed by atoms with Crippen LogP contribution in [0.5, 0.6) is 0 Å². The second kappa shape index (κ2) is 13.1. The fourth-order valence-electron chi connectivity index (χ4n) is 8.38. The highest BCUT2D eigenvalue weighted by molar-refractivity contribution is 6.29. The number of rotatable bonds is 6. The van der Waals surface area contributed by atoms with Gasteiger partial charge >= 0.3 is 0 Å². The Kier molecular flexibility index (Phi) is 7.49. The van der Waals surface area contributed by atoms with Crippen LogP contribution in [0.25, 0.3) is 87.9 Å². The van der Waals surface area contributed by atoms with Gasteiger partial charge in [0, 0.05) is 33.0 Å². The van der Waals surface area contributed by atoms with Gasteiger partial charge in [0.1, 0.15) is 5.52 Å². The molecular formula is C53H34N2O. The molecule has 0 N–H and O–H groups in total. The molecule has 11 rings (SSSR count). The van der Waals surface area contributed by atoms with E-state index in [1.807, 2.05) is 30.3 Å². The van der Waals surface area contributed by atoms with Crippen LogP contribution in [0.1, 0.15) is 0 Å². The van der Waals surface area contributed by atoms with Gasteiger partial charge < -0.3 is 9.32 Å². The first-order valence-corrected chi connectivity index (χ1v) is 19.0. The summed E-state index contributed by atoms with van der Waals surface area (Å²) in [7, 11) is 0. The molecule has 0 atom stereocenters. The van der Waals surface area contributed by atoms with Crippen LogP contribution in [-0.4, -0.2) is 4.98 Å². The highest BCUT2D eigenvalue weighted by Crippen LogP contribution is 2.48. The van der Waals surface area contributed by atoms with E-state index in [9.17, 15) is 0 Å². The standard InChI is InChI=1S/C53H34N2O/c1-3-15-36(16-4-1)44-23-11-12-25-48(44)55(43-22-13-21-40(33-43)41-27-26-35-14-7-8-19-39(35)32-41)49-34-42-20-9-10-24-45(42)51-46(49)30-28-37-29-31-47-52(50(37)51)56-53(54-47)38-17-5-2-6-18-38/h1-34H. The third kappa shape index (κ3) is 5.32.